The summed E-state index contributed by atoms with van der Waals surface area (Å²) >= 11 is 6.54. The van der Waals surface area contributed by atoms with Crippen LogP contribution in [0.5, 0.6) is 0 Å². The van der Waals surface area contributed by atoms with Crippen LogP contribution in [0, 0.1) is 0 Å². The highest BCUT2D eigenvalue weighted by atomic mass is 79.9. The topological polar surface area (TPSA) is 50.2 Å². The summed E-state index contributed by atoms with van der Waals surface area (Å²) < 4.78 is 1.07. The largest absolute Gasteiger partial charge is 0.481 e. The molecule has 0 saturated heterocycles. The Kier molecular flexibility index (Phi) is 3.73. The van der Waals surface area contributed by atoms with E-state index in [4.69, 9.17) is 5.11 Å². The minimum atomic E-state index is -0.782. The molecule has 0 atom stereocenters. The molecule has 0 saturated carbocycles. The Morgan fingerprint density at radius 2 is 2.31 bits per heavy atom. The molecule has 2 aromatic rings. The van der Waals surface area contributed by atoms with Crippen LogP contribution in [0.2, 0.25) is 0 Å². The predicted molar refractivity (Wildman–Crippen MR) is 69.1 cm³/mol. The Hall–Kier alpha value is -0.720. The number of thiazole rings is 1. The summed E-state index contributed by atoms with van der Waals surface area (Å²) in [5.41, 5.74) is 0.932. The van der Waals surface area contributed by atoms with Crippen LogP contribution in [-0.2, 0) is 11.2 Å². The van der Waals surface area contributed by atoms with Crippen molar-refractivity contribution in [2.24, 2.45) is 0 Å². The summed E-state index contributed by atoms with van der Waals surface area (Å²) in [5.74, 6) is -0.782. The Bertz CT molecular complexity index is 506. The number of rotatable bonds is 4. The molecule has 0 aliphatic carbocycles. The van der Waals surface area contributed by atoms with Crippen LogP contribution in [0.15, 0.2) is 21.3 Å². The lowest BCUT2D eigenvalue weighted by atomic mass is 10.3. The first kappa shape index (κ1) is 11.8. The van der Waals surface area contributed by atoms with E-state index in [1.165, 1.54) is 11.3 Å². The fraction of sp³-hybridized carbons (Fsp3) is 0.200. The van der Waals surface area contributed by atoms with Crippen LogP contribution in [0.3, 0.4) is 0 Å². The lowest BCUT2D eigenvalue weighted by Gasteiger charge is -1.91. The lowest BCUT2D eigenvalue weighted by Crippen LogP contribution is -1.96. The lowest BCUT2D eigenvalue weighted by molar-refractivity contribution is -0.136. The van der Waals surface area contributed by atoms with Gasteiger partial charge in [-0.1, -0.05) is 0 Å². The highest BCUT2D eigenvalue weighted by Crippen LogP contribution is 2.31. The number of hydrogen-bond donors (Lipinski definition) is 1. The van der Waals surface area contributed by atoms with Gasteiger partial charge in [0.25, 0.3) is 0 Å². The summed E-state index contributed by atoms with van der Waals surface area (Å²) in [6.07, 6.45) is 0.646. The number of aromatic nitrogens is 1. The minimum absolute atomic E-state index is 0.140. The average molecular weight is 318 g/mol. The van der Waals surface area contributed by atoms with Gasteiger partial charge in [0.2, 0.25) is 0 Å². The van der Waals surface area contributed by atoms with Gasteiger partial charge in [-0.2, -0.15) is 0 Å². The van der Waals surface area contributed by atoms with Crippen LogP contribution < -0.4 is 0 Å². The van der Waals surface area contributed by atoms with Crippen molar-refractivity contribution in [1.82, 2.24) is 4.98 Å². The van der Waals surface area contributed by atoms with E-state index in [1.807, 2.05) is 17.5 Å². The molecule has 0 fully saturated rings. The van der Waals surface area contributed by atoms with E-state index in [9.17, 15) is 4.79 Å². The van der Waals surface area contributed by atoms with Crippen molar-refractivity contribution < 1.29 is 9.90 Å². The fourth-order valence-corrected chi connectivity index (χ4v) is 3.42. The van der Waals surface area contributed by atoms with Crippen LogP contribution >= 0.6 is 38.6 Å². The second kappa shape index (κ2) is 5.07. The number of thiophene rings is 1. The minimum Gasteiger partial charge on any atom is -0.481 e. The number of carboxylic acids is 1. The summed E-state index contributed by atoms with van der Waals surface area (Å²) in [5, 5.41) is 11.4. The quantitative estimate of drug-likeness (QED) is 0.936. The fourth-order valence-electron chi connectivity index (χ4n) is 1.20. The standard InChI is InChI=1S/C10H8BrNO2S2/c11-8-2-1-7(16-8)6-5-15-9(12-6)3-4-10(13)14/h1-2,5H,3-4H2,(H,13,14). The molecule has 16 heavy (non-hydrogen) atoms. The molecule has 2 heterocycles. The monoisotopic (exact) mass is 317 g/mol. The second-order valence-electron chi connectivity index (χ2n) is 3.12. The molecule has 2 aromatic heterocycles. The zero-order valence-electron chi connectivity index (χ0n) is 8.14. The van der Waals surface area contributed by atoms with E-state index >= 15 is 0 Å². The van der Waals surface area contributed by atoms with Crippen molar-refractivity contribution >= 4 is 44.6 Å². The zero-order valence-corrected chi connectivity index (χ0v) is 11.4. The molecule has 6 heteroatoms. The maximum absolute atomic E-state index is 10.4. The number of nitrogens with zero attached hydrogens (tertiary/aromatic N) is 1. The number of carboxylic acid groups (broad SMARTS) is 1. The molecule has 0 bridgehead atoms. The molecule has 84 valence electrons. The Balaban J connectivity index is 2.10. The second-order valence-corrected chi connectivity index (χ2v) is 6.53. The summed E-state index contributed by atoms with van der Waals surface area (Å²) in [4.78, 5) is 15.9. The third kappa shape index (κ3) is 2.90. The molecule has 1 N–H and O–H groups in total. The maximum atomic E-state index is 10.4. The highest BCUT2D eigenvalue weighted by Gasteiger charge is 2.08. The molecule has 0 spiro atoms. The SMILES string of the molecule is O=C(O)CCc1nc(-c2ccc(Br)s2)cs1. The van der Waals surface area contributed by atoms with Crippen LogP contribution in [0.4, 0.5) is 0 Å². The van der Waals surface area contributed by atoms with Crippen molar-refractivity contribution in [3.8, 4) is 10.6 Å². The normalized spacial score (nSPS) is 10.6. The molecular weight excluding hydrogens is 310 g/mol. The van der Waals surface area contributed by atoms with Crippen molar-refractivity contribution in [3.05, 3.63) is 26.3 Å². The predicted octanol–water partition coefficient (Wildman–Crippen LogP) is 3.65. The molecular formula is C10H8BrNO2S2. The zero-order chi connectivity index (χ0) is 11.5. The van der Waals surface area contributed by atoms with E-state index < -0.39 is 5.97 Å². The number of aryl methyl sites for hydroxylation is 1. The van der Waals surface area contributed by atoms with Gasteiger partial charge in [0, 0.05) is 11.8 Å². The van der Waals surface area contributed by atoms with Crippen LogP contribution in [0.1, 0.15) is 11.4 Å². The van der Waals surface area contributed by atoms with Gasteiger partial charge in [-0.15, -0.1) is 22.7 Å². The first-order chi connectivity index (χ1) is 7.65. The molecule has 0 unspecified atom stereocenters. The molecule has 0 aromatic carbocycles. The van der Waals surface area contributed by atoms with Gasteiger partial charge in [-0.05, 0) is 28.1 Å². The highest BCUT2D eigenvalue weighted by molar-refractivity contribution is 9.11. The maximum Gasteiger partial charge on any atom is 0.303 e. The molecule has 0 radical (unpaired) electrons. The number of carbonyl (C=O) groups is 1. The van der Waals surface area contributed by atoms with Crippen LogP contribution in [0.25, 0.3) is 10.6 Å². The molecule has 0 amide bonds. The van der Waals surface area contributed by atoms with E-state index in [-0.39, 0.29) is 6.42 Å². The van der Waals surface area contributed by atoms with Crippen molar-refractivity contribution in [2.75, 3.05) is 0 Å². The average Bonchev–Trinajstić information content (AvgIpc) is 2.83. The van der Waals surface area contributed by atoms with Crippen molar-refractivity contribution in [2.45, 2.75) is 12.8 Å². The summed E-state index contributed by atoms with van der Waals surface area (Å²) in [6.45, 7) is 0. The summed E-state index contributed by atoms with van der Waals surface area (Å²) in [6, 6.07) is 3.99. The first-order valence-corrected chi connectivity index (χ1v) is 7.06. The summed E-state index contributed by atoms with van der Waals surface area (Å²) in [7, 11) is 0. The van der Waals surface area contributed by atoms with Gasteiger partial charge in [-0.25, -0.2) is 4.98 Å². The van der Waals surface area contributed by atoms with Crippen molar-refractivity contribution in [3.63, 3.8) is 0 Å². The smallest absolute Gasteiger partial charge is 0.303 e. The molecule has 0 aliphatic heterocycles. The third-order valence-electron chi connectivity index (χ3n) is 1.93. The Morgan fingerprint density at radius 1 is 1.50 bits per heavy atom. The Morgan fingerprint density at radius 3 is 2.94 bits per heavy atom. The number of hydrogen-bond acceptors (Lipinski definition) is 4. The third-order valence-corrected chi connectivity index (χ3v) is 4.48. The molecule has 0 aliphatic rings. The molecule has 2 rings (SSSR count). The number of halogens is 1. The van der Waals surface area contributed by atoms with E-state index in [1.54, 1.807) is 11.3 Å². The van der Waals surface area contributed by atoms with E-state index in [2.05, 4.69) is 20.9 Å². The Labute approximate surface area is 109 Å². The van der Waals surface area contributed by atoms with E-state index in [0.29, 0.717) is 6.42 Å². The van der Waals surface area contributed by atoms with Crippen molar-refractivity contribution in [1.29, 1.82) is 0 Å². The van der Waals surface area contributed by atoms with Crippen LogP contribution in [-0.4, -0.2) is 16.1 Å². The van der Waals surface area contributed by atoms with Gasteiger partial charge >= 0.3 is 5.97 Å². The van der Waals surface area contributed by atoms with Gasteiger partial charge in [0.05, 0.1) is 25.8 Å². The van der Waals surface area contributed by atoms with Gasteiger partial charge < -0.3 is 5.11 Å². The first-order valence-electron chi connectivity index (χ1n) is 4.57. The molecule has 3 nitrogen and oxygen atoms in total. The van der Waals surface area contributed by atoms with Gasteiger partial charge in [0.1, 0.15) is 0 Å². The van der Waals surface area contributed by atoms with Gasteiger partial charge in [-0.3, -0.25) is 4.79 Å². The van der Waals surface area contributed by atoms with Gasteiger partial charge in [0.15, 0.2) is 0 Å². The van der Waals surface area contributed by atoms with E-state index in [0.717, 1.165) is 19.4 Å². The number of aliphatic carboxylic acids is 1.